The molecule has 14 nitrogen and oxygen atoms in total. The van der Waals surface area contributed by atoms with Crippen molar-refractivity contribution in [2.45, 2.75) is 116 Å². The van der Waals surface area contributed by atoms with E-state index in [1.165, 1.54) is 0 Å². The topological polar surface area (TPSA) is 166 Å². The van der Waals surface area contributed by atoms with E-state index in [0.717, 1.165) is 0 Å². The SMILES string of the molecule is CC1(C)OC2O[C@H](CO)[C@H](O)[C@H]2O1.CCN(CC)C(=O)Cl.CCN(CC)C(=O)OC[C@H]1OC2OC(C)(C)O[C@@H]2[C@H]1O. The van der Waals surface area contributed by atoms with Crippen molar-refractivity contribution in [3.63, 3.8) is 0 Å². The zero-order valence-electron chi connectivity index (χ0n) is 25.1. The molecule has 2 unspecified atom stereocenters. The first-order valence-electron chi connectivity index (χ1n) is 14.0. The second-order valence-electron chi connectivity index (χ2n) is 10.6. The Bertz CT molecular complexity index is 841. The van der Waals surface area contributed by atoms with E-state index in [-0.39, 0.29) is 18.6 Å². The Morgan fingerprint density at radius 1 is 0.756 bits per heavy atom. The average Bonchev–Trinajstić information content (AvgIpc) is 3.56. The number of nitrogens with zero attached hydrogens (tertiary/aromatic N) is 2. The number of carbonyl (C=O) groups excluding carboxylic acids is 2. The Balaban J connectivity index is 0.000000240. The standard InChI is InChI=1S/C13H23NO6.C8H14O5.C5H10ClNO/c1-5-14(6-2)12(16)17-7-8-9(15)10-11(18-8)20-13(3,4)19-10;1-8(2)12-6-5(10)4(3-9)11-7(6)13-8;1-3-7(4-2)5(6)8/h8-11,15H,5-7H2,1-4H3;4-7,9-10H,3H2,1-2H3;3-4H2,1-2H3/t8-,9+,10-,11?;4-,5+,6-,7?;/m11./s1. The number of aliphatic hydroxyl groups is 3. The van der Waals surface area contributed by atoms with Crippen LogP contribution in [0.5, 0.6) is 0 Å². The van der Waals surface area contributed by atoms with Crippen molar-refractivity contribution in [2.75, 3.05) is 39.4 Å². The fourth-order valence-corrected chi connectivity index (χ4v) is 4.84. The van der Waals surface area contributed by atoms with Crippen LogP contribution < -0.4 is 0 Å². The third kappa shape index (κ3) is 9.58. The van der Waals surface area contributed by atoms with Gasteiger partial charge in [0, 0.05) is 26.2 Å². The molecule has 240 valence electrons. The highest BCUT2D eigenvalue weighted by atomic mass is 35.5. The van der Waals surface area contributed by atoms with E-state index in [0.29, 0.717) is 26.2 Å². The van der Waals surface area contributed by atoms with Gasteiger partial charge in [0.25, 0.3) is 0 Å². The lowest BCUT2D eigenvalue weighted by Crippen LogP contribution is -2.39. The third-order valence-electron chi connectivity index (χ3n) is 6.81. The maximum atomic E-state index is 11.7. The van der Waals surface area contributed by atoms with Gasteiger partial charge in [0.05, 0.1) is 6.61 Å². The van der Waals surface area contributed by atoms with Crippen LogP contribution in [0.2, 0.25) is 0 Å². The number of amides is 2. The predicted molar refractivity (Wildman–Crippen MR) is 145 cm³/mol. The van der Waals surface area contributed by atoms with Crippen LogP contribution in [-0.2, 0) is 33.2 Å². The maximum Gasteiger partial charge on any atom is 0.409 e. The van der Waals surface area contributed by atoms with Crippen molar-refractivity contribution >= 4 is 23.1 Å². The smallest absolute Gasteiger partial charge is 0.409 e. The Morgan fingerprint density at radius 2 is 1.17 bits per heavy atom. The average molecular weight is 615 g/mol. The molecule has 0 saturated carbocycles. The van der Waals surface area contributed by atoms with Gasteiger partial charge in [-0.3, -0.25) is 4.79 Å². The summed E-state index contributed by atoms with van der Waals surface area (Å²) in [5.41, 5.74) is 0. The third-order valence-corrected chi connectivity index (χ3v) is 7.05. The largest absolute Gasteiger partial charge is 0.447 e. The van der Waals surface area contributed by atoms with Gasteiger partial charge in [-0.25, -0.2) is 4.79 Å². The van der Waals surface area contributed by atoms with Crippen molar-refractivity contribution < 1.29 is 58.1 Å². The highest BCUT2D eigenvalue weighted by Crippen LogP contribution is 2.38. The van der Waals surface area contributed by atoms with Crippen molar-refractivity contribution in [2.24, 2.45) is 0 Å². The van der Waals surface area contributed by atoms with Crippen LogP contribution in [0, 0.1) is 0 Å². The van der Waals surface area contributed by atoms with Crippen LogP contribution in [0.25, 0.3) is 0 Å². The summed E-state index contributed by atoms with van der Waals surface area (Å²) in [5.74, 6) is -1.48. The molecule has 4 saturated heterocycles. The van der Waals surface area contributed by atoms with Gasteiger partial charge in [0.2, 0.25) is 0 Å². The lowest BCUT2D eigenvalue weighted by molar-refractivity contribution is -0.218. The van der Waals surface area contributed by atoms with Crippen molar-refractivity contribution in [3.8, 4) is 0 Å². The quantitative estimate of drug-likeness (QED) is 0.280. The predicted octanol–water partition coefficient (Wildman–Crippen LogP) is 1.61. The first-order chi connectivity index (χ1) is 19.1. The summed E-state index contributed by atoms with van der Waals surface area (Å²) in [7, 11) is 0. The second kappa shape index (κ2) is 15.4. The molecule has 4 fully saturated rings. The molecule has 4 aliphatic rings. The van der Waals surface area contributed by atoms with Gasteiger partial charge < -0.3 is 58.3 Å². The summed E-state index contributed by atoms with van der Waals surface area (Å²) in [4.78, 5) is 25.1. The molecule has 0 aromatic rings. The van der Waals surface area contributed by atoms with Crippen molar-refractivity contribution in [1.29, 1.82) is 0 Å². The monoisotopic (exact) mass is 614 g/mol. The van der Waals surface area contributed by atoms with Gasteiger partial charge in [0.1, 0.15) is 43.2 Å². The number of halogens is 1. The molecule has 2 amide bonds. The van der Waals surface area contributed by atoms with Crippen LogP contribution in [0.15, 0.2) is 0 Å². The van der Waals surface area contributed by atoms with E-state index < -0.39 is 66.9 Å². The lowest BCUT2D eigenvalue weighted by atomic mass is 10.1. The molecule has 4 aliphatic heterocycles. The molecule has 4 rings (SSSR count). The molecule has 15 heteroatoms. The number of ether oxygens (including phenoxy) is 7. The minimum atomic E-state index is -0.869. The number of hydrogen-bond donors (Lipinski definition) is 3. The number of rotatable bonds is 7. The van der Waals surface area contributed by atoms with Gasteiger partial charge >= 0.3 is 11.5 Å². The minimum absolute atomic E-state index is 0.0172. The summed E-state index contributed by atoms with van der Waals surface area (Å²) in [6, 6.07) is 0. The number of aliphatic hydroxyl groups excluding tert-OH is 3. The Morgan fingerprint density at radius 3 is 1.51 bits per heavy atom. The molecule has 8 atom stereocenters. The van der Waals surface area contributed by atoms with E-state index >= 15 is 0 Å². The first kappa shape index (κ1) is 35.9. The van der Waals surface area contributed by atoms with Crippen molar-refractivity contribution in [1.82, 2.24) is 9.80 Å². The maximum absolute atomic E-state index is 11.7. The van der Waals surface area contributed by atoms with Gasteiger partial charge in [-0.05, 0) is 67.0 Å². The van der Waals surface area contributed by atoms with E-state index in [1.807, 2.05) is 27.7 Å². The Labute approximate surface area is 246 Å². The zero-order chi connectivity index (χ0) is 31.1. The normalized spacial score (nSPS) is 34.0. The minimum Gasteiger partial charge on any atom is -0.447 e. The summed E-state index contributed by atoms with van der Waals surface area (Å²) in [5, 5.41) is 28.2. The zero-order valence-corrected chi connectivity index (χ0v) is 25.9. The van der Waals surface area contributed by atoms with Crippen molar-refractivity contribution in [3.05, 3.63) is 0 Å². The summed E-state index contributed by atoms with van der Waals surface area (Å²) in [6.45, 7) is 16.9. The highest BCUT2D eigenvalue weighted by Gasteiger charge is 2.55. The molecule has 0 bridgehead atoms. The highest BCUT2D eigenvalue weighted by molar-refractivity contribution is 6.62. The van der Waals surface area contributed by atoms with Crippen LogP contribution >= 0.6 is 11.6 Å². The molecule has 3 N–H and O–H groups in total. The van der Waals surface area contributed by atoms with Gasteiger partial charge in [0.15, 0.2) is 24.2 Å². The van der Waals surface area contributed by atoms with E-state index in [4.69, 9.17) is 49.9 Å². The fraction of sp³-hybridized carbons (Fsp3) is 0.923. The molecule has 0 radical (unpaired) electrons. The van der Waals surface area contributed by atoms with Gasteiger partial charge in [-0.15, -0.1) is 0 Å². The number of fused-ring (bicyclic) bond motifs is 2. The molecule has 0 aliphatic carbocycles. The Hall–Kier alpha value is -1.33. The molecule has 0 aromatic heterocycles. The molecule has 0 spiro atoms. The molecular weight excluding hydrogens is 568 g/mol. The van der Waals surface area contributed by atoms with Gasteiger partial charge in [-0.2, -0.15) is 0 Å². The Kier molecular flexibility index (Phi) is 13.5. The molecule has 4 heterocycles. The summed E-state index contributed by atoms with van der Waals surface area (Å²) >= 11 is 5.13. The summed E-state index contributed by atoms with van der Waals surface area (Å²) < 4.78 is 37.8. The second-order valence-corrected chi connectivity index (χ2v) is 10.9. The summed E-state index contributed by atoms with van der Waals surface area (Å²) in [6.07, 6.45) is -5.49. The van der Waals surface area contributed by atoms with E-state index in [2.05, 4.69) is 0 Å². The number of carbonyl (C=O) groups is 2. The molecular formula is C26H47ClN2O12. The lowest BCUT2D eigenvalue weighted by Gasteiger charge is -2.24. The van der Waals surface area contributed by atoms with Crippen LogP contribution in [-0.4, -0.2) is 137 Å². The van der Waals surface area contributed by atoms with Crippen LogP contribution in [0.4, 0.5) is 9.59 Å². The molecule has 41 heavy (non-hydrogen) atoms. The van der Waals surface area contributed by atoms with Crippen LogP contribution in [0.3, 0.4) is 0 Å². The number of hydrogen-bond acceptors (Lipinski definition) is 12. The fourth-order valence-electron chi connectivity index (χ4n) is 4.60. The first-order valence-corrected chi connectivity index (χ1v) is 14.4. The van der Waals surface area contributed by atoms with Crippen LogP contribution in [0.1, 0.15) is 55.4 Å². The molecule has 0 aromatic carbocycles. The van der Waals surface area contributed by atoms with Gasteiger partial charge in [-0.1, -0.05) is 0 Å². The van der Waals surface area contributed by atoms with E-state index in [1.54, 1.807) is 37.5 Å². The van der Waals surface area contributed by atoms with E-state index in [9.17, 15) is 19.8 Å².